The standard InChI is InChI=1S/C29H52N2/c1-28-15-13-23(30(3)17-5-6-18-30)21-22(28)9-10-24-25-11-12-27(31(4)19-7-8-20-31)29(25,2)16-14-26(24)28/h22-27H,5-21H2,1-4H3/q+2/t22-,23+,24-,25-,26-,27-,28-,29-/m0/s1. The molecule has 6 rings (SSSR count). The van der Waals surface area contributed by atoms with Crippen LogP contribution < -0.4 is 0 Å². The van der Waals surface area contributed by atoms with Crippen LogP contribution in [0.1, 0.15) is 97.3 Å². The highest BCUT2D eigenvalue weighted by molar-refractivity contribution is 5.10. The molecule has 31 heavy (non-hydrogen) atoms. The van der Waals surface area contributed by atoms with Crippen molar-refractivity contribution in [3.63, 3.8) is 0 Å². The summed E-state index contributed by atoms with van der Waals surface area (Å²) in [6.45, 7) is 11.5. The highest BCUT2D eigenvalue weighted by Crippen LogP contribution is 2.67. The van der Waals surface area contributed by atoms with E-state index in [1.807, 2.05) is 0 Å². The minimum atomic E-state index is 0.648. The summed E-state index contributed by atoms with van der Waals surface area (Å²) in [5.74, 6) is 4.20. The van der Waals surface area contributed by atoms with E-state index in [1.54, 1.807) is 51.4 Å². The van der Waals surface area contributed by atoms with Gasteiger partial charge in [0.25, 0.3) is 0 Å². The lowest BCUT2D eigenvalue weighted by atomic mass is 9.44. The topological polar surface area (TPSA) is 0 Å². The Bertz CT molecular complexity index is 689. The van der Waals surface area contributed by atoms with Crippen molar-refractivity contribution in [2.45, 2.75) is 109 Å². The van der Waals surface area contributed by atoms with E-state index in [1.165, 1.54) is 67.2 Å². The van der Waals surface area contributed by atoms with Crippen LogP contribution in [0, 0.1) is 34.5 Å². The third-order valence-electron chi connectivity index (χ3n) is 13.4. The van der Waals surface area contributed by atoms with E-state index in [-0.39, 0.29) is 0 Å². The van der Waals surface area contributed by atoms with Gasteiger partial charge in [-0.2, -0.15) is 0 Å². The monoisotopic (exact) mass is 428 g/mol. The van der Waals surface area contributed by atoms with E-state index in [0.717, 1.165) is 35.8 Å². The zero-order valence-corrected chi connectivity index (χ0v) is 21.4. The lowest BCUT2D eigenvalue weighted by molar-refractivity contribution is -0.928. The van der Waals surface area contributed by atoms with Crippen LogP contribution in [-0.4, -0.2) is 61.3 Å². The average molecular weight is 429 g/mol. The molecule has 0 bridgehead atoms. The van der Waals surface area contributed by atoms with Crippen molar-refractivity contribution < 1.29 is 8.97 Å². The van der Waals surface area contributed by atoms with E-state index in [0.29, 0.717) is 10.8 Å². The Morgan fingerprint density at radius 1 is 0.613 bits per heavy atom. The zero-order chi connectivity index (χ0) is 21.5. The fourth-order valence-electron chi connectivity index (χ4n) is 11.6. The first-order valence-electron chi connectivity index (χ1n) is 14.5. The molecule has 0 spiro atoms. The van der Waals surface area contributed by atoms with Gasteiger partial charge in [-0.25, -0.2) is 0 Å². The van der Waals surface area contributed by atoms with Gasteiger partial charge in [-0.3, -0.25) is 0 Å². The van der Waals surface area contributed by atoms with Crippen molar-refractivity contribution in [1.29, 1.82) is 0 Å². The largest absolute Gasteiger partial charge is 0.324 e. The summed E-state index contributed by atoms with van der Waals surface area (Å²) in [4.78, 5) is 0. The van der Waals surface area contributed by atoms with Crippen molar-refractivity contribution in [2.75, 3.05) is 40.3 Å². The van der Waals surface area contributed by atoms with Gasteiger partial charge in [-0.05, 0) is 74.0 Å². The van der Waals surface area contributed by atoms with Gasteiger partial charge in [-0.15, -0.1) is 0 Å². The van der Waals surface area contributed by atoms with Crippen molar-refractivity contribution in [3.8, 4) is 0 Å². The normalized spacial score (nSPS) is 53.0. The Kier molecular flexibility index (Phi) is 4.99. The molecule has 4 saturated carbocycles. The second-order valence-corrected chi connectivity index (χ2v) is 14.5. The third-order valence-corrected chi connectivity index (χ3v) is 13.4. The number of likely N-dealkylation sites (tertiary alicyclic amines) is 2. The summed E-state index contributed by atoms with van der Waals surface area (Å²) in [6, 6.07) is 1.96. The Morgan fingerprint density at radius 3 is 1.94 bits per heavy atom. The van der Waals surface area contributed by atoms with Crippen LogP contribution in [-0.2, 0) is 0 Å². The van der Waals surface area contributed by atoms with E-state index < -0.39 is 0 Å². The highest BCUT2D eigenvalue weighted by atomic mass is 15.4. The van der Waals surface area contributed by atoms with E-state index in [9.17, 15) is 0 Å². The SMILES string of the molecule is C[C@]12CC[C@@H]([N+]3(C)CCCC3)C[C@@H]1CC[C@@H]1[C@@H]2CC[C@@]2(C)[C@H]1CC[C@@H]2[N+]1(C)CCCC1. The van der Waals surface area contributed by atoms with E-state index in [2.05, 4.69) is 27.9 Å². The Morgan fingerprint density at radius 2 is 1.23 bits per heavy atom. The predicted octanol–water partition coefficient (Wildman–Crippen LogP) is 6.25. The summed E-state index contributed by atoms with van der Waals surface area (Å²) in [5.41, 5.74) is 1.32. The lowest BCUT2D eigenvalue weighted by Crippen LogP contribution is -2.61. The zero-order valence-electron chi connectivity index (χ0n) is 21.4. The lowest BCUT2D eigenvalue weighted by Gasteiger charge is -2.62. The molecule has 2 heteroatoms. The Hall–Kier alpha value is -0.0800. The van der Waals surface area contributed by atoms with Gasteiger partial charge < -0.3 is 8.97 Å². The number of hydrogen-bond acceptors (Lipinski definition) is 0. The molecule has 0 aromatic rings. The van der Waals surface area contributed by atoms with Gasteiger partial charge in [-0.1, -0.05) is 13.8 Å². The maximum absolute atomic E-state index is 2.79. The van der Waals surface area contributed by atoms with Crippen LogP contribution >= 0.6 is 0 Å². The van der Waals surface area contributed by atoms with Crippen LogP contribution in [0.4, 0.5) is 0 Å². The van der Waals surface area contributed by atoms with Crippen LogP contribution in [0.25, 0.3) is 0 Å². The summed E-state index contributed by atoms with van der Waals surface area (Å²) in [7, 11) is 5.25. The molecule has 0 aromatic heterocycles. The molecule has 2 nitrogen and oxygen atoms in total. The molecule has 0 unspecified atom stereocenters. The molecule has 4 aliphatic carbocycles. The first-order valence-corrected chi connectivity index (χ1v) is 14.5. The Labute approximate surface area is 193 Å². The molecule has 8 atom stereocenters. The maximum atomic E-state index is 2.79. The van der Waals surface area contributed by atoms with Gasteiger partial charge in [0.2, 0.25) is 0 Å². The van der Waals surface area contributed by atoms with Crippen LogP contribution in [0.3, 0.4) is 0 Å². The number of quaternary nitrogens is 2. The van der Waals surface area contributed by atoms with Gasteiger partial charge in [0.15, 0.2) is 0 Å². The molecule has 0 N–H and O–H groups in total. The predicted molar refractivity (Wildman–Crippen MR) is 130 cm³/mol. The van der Waals surface area contributed by atoms with Gasteiger partial charge in [0.1, 0.15) is 0 Å². The summed E-state index contributed by atoms with van der Waals surface area (Å²) in [6.07, 6.45) is 20.0. The van der Waals surface area contributed by atoms with Crippen LogP contribution in [0.5, 0.6) is 0 Å². The first-order chi connectivity index (χ1) is 14.8. The summed E-state index contributed by atoms with van der Waals surface area (Å²) >= 11 is 0. The van der Waals surface area contributed by atoms with Crippen LogP contribution in [0.2, 0.25) is 0 Å². The molecule has 2 aliphatic heterocycles. The third kappa shape index (κ3) is 3.02. The number of rotatable bonds is 2. The quantitative estimate of drug-likeness (QED) is 0.456. The molecular formula is C29H52N2+2. The fraction of sp³-hybridized carbons (Fsp3) is 1.00. The molecule has 2 heterocycles. The first kappa shape index (κ1) is 21.5. The smallest absolute Gasteiger partial charge is 0.0945 e. The average Bonchev–Trinajstić information content (AvgIpc) is 3.46. The highest BCUT2D eigenvalue weighted by Gasteiger charge is 2.64. The summed E-state index contributed by atoms with van der Waals surface area (Å²) in [5, 5.41) is 0. The molecule has 6 fully saturated rings. The molecule has 2 saturated heterocycles. The van der Waals surface area contributed by atoms with Crippen LogP contribution in [0.15, 0.2) is 0 Å². The maximum Gasteiger partial charge on any atom is 0.0945 e. The fourth-order valence-corrected chi connectivity index (χ4v) is 11.6. The van der Waals surface area contributed by atoms with Gasteiger partial charge >= 0.3 is 0 Å². The van der Waals surface area contributed by atoms with Gasteiger partial charge in [0.05, 0.1) is 52.4 Å². The van der Waals surface area contributed by atoms with E-state index in [4.69, 9.17) is 0 Å². The minimum Gasteiger partial charge on any atom is -0.324 e. The van der Waals surface area contributed by atoms with E-state index >= 15 is 0 Å². The van der Waals surface area contributed by atoms with Crippen molar-refractivity contribution in [2.24, 2.45) is 34.5 Å². The molecule has 0 aromatic carbocycles. The van der Waals surface area contributed by atoms with Crippen molar-refractivity contribution in [3.05, 3.63) is 0 Å². The Balaban J connectivity index is 1.21. The molecule has 6 aliphatic rings. The van der Waals surface area contributed by atoms with Gasteiger partial charge in [0, 0.05) is 43.9 Å². The molecular weight excluding hydrogens is 376 g/mol. The minimum absolute atomic E-state index is 0.648. The molecule has 0 radical (unpaired) electrons. The number of nitrogens with zero attached hydrogens (tertiary/aromatic N) is 2. The second kappa shape index (κ2) is 7.21. The van der Waals surface area contributed by atoms with Crippen molar-refractivity contribution in [1.82, 2.24) is 0 Å². The number of hydrogen-bond donors (Lipinski definition) is 0. The summed E-state index contributed by atoms with van der Waals surface area (Å²) < 4.78 is 2.86. The van der Waals surface area contributed by atoms with Crippen molar-refractivity contribution >= 4 is 0 Å². The number of fused-ring (bicyclic) bond motifs is 5. The molecule has 176 valence electrons. The molecule has 0 amide bonds. The second-order valence-electron chi connectivity index (χ2n) is 14.5.